The molecule has 2 aromatic carbocycles. The van der Waals surface area contributed by atoms with Crippen LogP contribution in [0.5, 0.6) is 5.75 Å². The number of ether oxygens (including phenoxy) is 1. The summed E-state index contributed by atoms with van der Waals surface area (Å²) in [7, 11) is -3.40. The molecule has 0 N–H and O–H groups in total. The average molecular weight is 498 g/mol. The third-order valence-corrected chi connectivity index (χ3v) is 8.29. The maximum absolute atomic E-state index is 13.9. The molecule has 35 heavy (non-hydrogen) atoms. The van der Waals surface area contributed by atoms with Gasteiger partial charge < -0.3 is 13.8 Å². The van der Waals surface area contributed by atoms with Crippen molar-refractivity contribution in [2.45, 2.75) is 52.6 Å². The minimum atomic E-state index is -3.40. The van der Waals surface area contributed by atoms with E-state index in [1.54, 1.807) is 12.1 Å². The van der Waals surface area contributed by atoms with Gasteiger partial charge in [0.05, 0.1) is 31.7 Å². The second-order valence-corrected chi connectivity index (χ2v) is 10.7. The summed E-state index contributed by atoms with van der Waals surface area (Å²) >= 11 is 0. The molecule has 2 heterocycles. The van der Waals surface area contributed by atoms with Crippen molar-refractivity contribution in [3.63, 3.8) is 0 Å². The van der Waals surface area contributed by atoms with E-state index < -0.39 is 7.60 Å². The van der Waals surface area contributed by atoms with Crippen molar-refractivity contribution in [2.75, 3.05) is 19.8 Å². The van der Waals surface area contributed by atoms with Crippen LogP contribution in [0.4, 0.5) is 4.39 Å². The number of aromatic nitrogens is 1. The van der Waals surface area contributed by atoms with Crippen molar-refractivity contribution < 1.29 is 22.7 Å². The summed E-state index contributed by atoms with van der Waals surface area (Å²) in [6, 6.07) is 14.4. The Bertz CT molecular complexity index is 1230. The molecular weight excluding hydrogens is 464 g/mol. The molecule has 1 fully saturated rings. The van der Waals surface area contributed by atoms with Gasteiger partial charge in [-0.1, -0.05) is 31.7 Å². The summed E-state index contributed by atoms with van der Waals surface area (Å²) < 4.78 is 45.0. The van der Waals surface area contributed by atoms with E-state index in [0.29, 0.717) is 32.2 Å². The van der Waals surface area contributed by atoms with Crippen molar-refractivity contribution in [3.05, 3.63) is 71.2 Å². The lowest BCUT2D eigenvalue weighted by atomic mass is 9.89. The third-order valence-electron chi connectivity index (χ3n) is 6.28. The fourth-order valence-corrected chi connectivity index (χ4v) is 6.49. The topological polar surface area (TPSA) is 57.7 Å². The van der Waals surface area contributed by atoms with Crippen LogP contribution in [-0.4, -0.2) is 24.8 Å². The molecule has 1 aliphatic heterocycles. The lowest BCUT2D eigenvalue weighted by Gasteiger charge is -2.24. The number of para-hydroxylation sites is 1. The van der Waals surface area contributed by atoms with Gasteiger partial charge in [-0.2, -0.15) is 0 Å². The summed E-state index contributed by atoms with van der Waals surface area (Å²) in [4.78, 5) is 5.20. The summed E-state index contributed by atoms with van der Waals surface area (Å²) in [5, 5.41) is 0. The number of nitrogens with zero attached hydrogens (tertiary/aromatic N) is 1. The van der Waals surface area contributed by atoms with Gasteiger partial charge in [0.15, 0.2) is 0 Å². The molecule has 3 aromatic rings. The minimum Gasteiger partial charge on any atom is -0.493 e. The van der Waals surface area contributed by atoms with Crippen molar-refractivity contribution >= 4 is 7.60 Å². The second-order valence-electron chi connectivity index (χ2n) is 8.66. The predicted octanol–water partition coefficient (Wildman–Crippen LogP) is 7.77. The Kier molecular flexibility index (Phi) is 7.75. The molecule has 2 aliphatic rings. The van der Waals surface area contributed by atoms with Crippen LogP contribution >= 0.6 is 7.60 Å². The lowest BCUT2D eigenvalue weighted by Crippen LogP contribution is -2.10. The van der Waals surface area contributed by atoms with E-state index >= 15 is 0 Å². The zero-order chi connectivity index (χ0) is 23.7. The summed E-state index contributed by atoms with van der Waals surface area (Å²) in [5.74, 6) is 0.811. The Morgan fingerprint density at radius 3 is 2.40 bits per heavy atom. The molecule has 0 saturated heterocycles. The standard InChI is InChI=1S/C27H29FNO4P.CH4/c1-3-32-34(30,33-4-2)17-23-25(18-11-13-20(28)14-12-18)22-15-16-31-24-8-6-5-7-21(24)27(22)29-26(23)19-9-10-19;/h5-8,11-14,19H,3-4,9-10,15-17H2,1-2H3;1H4. The Balaban J connectivity index is 0.00000289. The average Bonchev–Trinajstić information content (AvgIpc) is 3.67. The van der Waals surface area contributed by atoms with E-state index in [4.69, 9.17) is 18.8 Å². The number of pyridine rings is 1. The van der Waals surface area contributed by atoms with Crippen LogP contribution < -0.4 is 4.74 Å². The first kappa shape index (κ1) is 25.6. The molecular formula is C28H33FNO4P. The van der Waals surface area contributed by atoms with Gasteiger partial charge in [-0.3, -0.25) is 9.55 Å². The molecule has 0 amide bonds. The van der Waals surface area contributed by atoms with Crippen LogP contribution in [0.1, 0.15) is 56.9 Å². The van der Waals surface area contributed by atoms with Crippen LogP contribution in [0.15, 0.2) is 48.5 Å². The van der Waals surface area contributed by atoms with Gasteiger partial charge in [0.1, 0.15) is 11.6 Å². The zero-order valence-corrected chi connectivity index (χ0v) is 20.4. The molecule has 186 valence electrons. The van der Waals surface area contributed by atoms with E-state index in [1.807, 2.05) is 38.1 Å². The molecule has 1 saturated carbocycles. The Morgan fingerprint density at radius 2 is 1.74 bits per heavy atom. The van der Waals surface area contributed by atoms with E-state index in [9.17, 15) is 8.96 Å². The smallest absolute Gasteiger partial charge is 0.335 e. The summed E-state index contributed by atoms with van der Waals surface area (Å²) in [5.41, 5.74) is 6.51. The third kappa shape index (κ3) is 5.20. The Morgan fingerprint density at radius 1 is 1.06 bits per heavy atom. The van der Waals surface area contributed by atoms with Gasteiger partial charge in [-0.05, 0) is 73.2 Å². The maximum Gasteiger partial charge on any atom is 0.335 e. The number of rotatable bonds is 8. The van der Waals surface area contributed by atoms with Crippen molar-refractivity contribution in [2.24, 2.45) is 0 Å². The van der Waals surface area contributed by atoms with Crippen LogP contribution in [0.25, 0.3) is 22.4 Å². The normalized spacial score (nSPS) is 14.8. The van der Waals surface area contributed by atoms with E-state index in [-0.39, 0.29) is 19.4 Å². The van der Waals surface area contributed by atoms with Crippen molar-refractivity contribution in [1.82, 2.24) is 4.98 Å². The largest absolute Gasteiger partial charge is 0.493 e. The molecule has 1 aliphatic carbocycles. The molecule has 0 atom stereocenters. The van der Waals surface area contributed by atoms with Gasteiger partial charge in [0.2, 0.25) is 0 Å². The van der Waals surface area contributed by atoms with E-state index in [0.717, 1.165) is 57.8 Å². The number of hydrogen-bond acceptors (Lipinski definition) is 5. The minimum absolute atomic E-state index is 0. The highest BCUT2D eigenvalue weighted by Gasteiger charge is 2.36. The van der Waals surface area contributed by atoms with E-state index in [2.05, 4.69) is 0 Å². The quantitative estimate of drug-likeness (QED) is 0.298. The summed E-state index contributed by atoms with van der Waals surface area (Å²) in [6.45, 7) is 4.72. The van der Waals surface area contributed by atoms with Crippen molar-refractivity contribution in [3.8, 4) is 28.1 Å². The molecule has 0 spiro atoms. The second kappa shape index (κ2) is 10.6. The SMILES string of the molecule is C.CCOP(=O)(Cc1c(C2CC2)nc2c(c1-c1ccc(F)cc1)CCOc1ccccc1-2)OCC. The van der Waals surface area contributed by atoms with E-state index in [1.165, 1.54) is 12.1 Å². The van der Waals surface area contributed by atoms with Gasteiger partial charge >= 0.3 is 7.60 Å². The molecule has 0 radical (unpaired) electrons. The van der Waals surface area contributed by atoms with Gasteiger partial charge in [0.25, 0.3) is 0 Å². The first-order valence-electron chi connectivity index (χ1n) is 11.9. The first-order chi connectivity index (χ1) is 16.5. The molecule has 5 nitrogen and oxygen atoms in total. The van der Waals surface area contributed by atoms with Crippen LogP contribution in [-0.2, 0) is 26.2 Å². The number of fused-ring (bicyclic) bond motifs is 3. The molecule has 5 rings (SSSR count). The summed E-state index contributed by atoms with van der Waals surface area (Å²) in [6.07, 6.45) is 2.84. The first-order valence-corrected chi connectivity index (χ1v) is 13.7. The predicted molar refractivity (Wildman–Crippen MR) is 138 cm³/mol. The monoisotopic (exact) mass is 497 g/mol. The zero-order valence-electron chi connectivity index (χ0n) is 19.6. The molecule has 0 bridgehead atoms. The highest BCUT2D eigenvalue weighted by molar-refractivity contribution is 7.53. The van der Waals surface area contributed by atoms with Crippen LogP contribution in [0.2, 0.25) is 0 Å². The van der Waals surface area contributed by atoms with Crippen LogP contribution in [0, 0.1) is 5.82 Å². The molecule has 1 aromatic heterocycles. The number of hydrogen-bond donors (Lipinski definition) is 0. The highest BCUT2D eigenvalue weighted by atomic mass is 31.2. The van der Waals surface area contributed by atoms with Crippen molar-refractivity contribution in [1.29, 1.82) is 0 Å². The Labute approximate surface area is 207 Å². The fourth-order valence-electron chi connectivity index (χ4n) is 4.74. The Hall–Kier alpha value is -2.53. The number of benzene rings is 2. The number of halogens is 1. The molecule has 7 heteroatoms. The fraction of sp³-hybridized carbons (Fsp3) is 0.393. The van der Waals surface area contributed by atoms with Gasteiger partial charge in [-0.25, -0.2) is 4.39 Å². The van der Waals surface area contributed by atoms with Crippen LogP contribution in [0.3, 0.4) is 0 Å². The lowest BCUT2D eigenvalue weighted by molar-refractivity contribution is 0.219. The molecule has 0 unspecified atom stereocenters. The maximum atomic E-state index is 13.9. The highest BCUT2D eigenvalue weighted by Crippen LogP contribution is 2.56. The van der Waals surface area contributed by atoms with Gasteiger partial charge in [0, 0.05) is 23.6 Å². The van der Waals surface area contributed by atoms with Gasteiger partial charge in [-0.15, -0.1) is 0 Å².